The Kier molecular flexibility index (Phi) is 9.44. The predicted molar refractivity (Wildman–Crippen MR) is 136 cm³/mol. The second kappa shape index (κ2) is 13.0. The first-order valence-electron chi connectivity index (χ1n) is 12.3. The van der Waals surface area contributed by atoms with Crippen LogP contribution in [0.5, 0.6) is 0 Å². The molecule has 3 heterocycles. The number of allylic oxidation sites excluding steroid dienone is 1. The molecule has 4 rings (SSSR count). The van der Waals surface area contributed by atoms with Gasteiger partial charge in [0.1, 0.15) is 0 Å². The lowest BCUT2D eigenvalue weighted by atomic mass is 10.1. The lowest BCUT2D eigenvalue weighted by molar-refractivity contribution is 0.146. The van der Waals surface area contributed by atoms with E-state index in [1.54, 1.807) is 5.57 Å². The fraction of sp³-hybridized carbons (Fsp3) is 0.500. The van der Waals surface area contributed by atoms with Crippen LogP contribution in [0, 0.1) is 0 Å². The Morgan fingerprint density at radius 2 is 1.85 bits per heavy atom. The number of rotatable bonds is 8. The van der Waals surface area contributed by atoms with E-state index in [1.165, 1.54) is 30.5 Å². The number of benzene rings is 1. The lowest BCUT2D eigenvalue weighted by Crippen LogP contribution is -2.26. The van der Waals surface area contributed by atoms with Gasteiger partial charge in [-0.15, -0.1) is 0 Å². The van der Waals surface area contributed by atoms with Crippen LogP contribution >= 0.6 is 11.6 Å². The maximum atomic E-state index is 5.99. The van der Waals surface area contributed by atoms with Crippen LogP contribution in [0.25, 0.3) is 0 Å². The number of nitrogens with zero attached hydrogens (tertiary/aromatic N) is 2. The first-order chi connectivity index (χ1) is 16.2. The summed E-state index contributed by atoms with van der Waals surface area (Å²) < 4.78 is 5.55. The molecule has 33 heavy (non-hydrogen) atoms. The van der Waals surface area contributed by atoms with Gasteiger partial charge >= 0.3 is 0 Å². The van der Waals surface area contributed by atoms with Crippen LogP contribution in [-0.4, -0.2) is 43.5 Å². The molecule has 0 unspecified atom stereocenters. The molecule has 3 aliphatic heterocycles. The van der Waals surface area contributed by atoms with Crippen molar-refractivity contribution in [3.05, 3.63) is 75.7 Å². The zero-order valence-corrected chi connectivity index (χ0v) is 20.3. The first kappa shape index (κ1) is 24.0. The molecule has 0 atom stereocenters. The molecular formula is C28H35ClN2O2. The lowest BCUT2D eigenvalue weighted by Gasteiger charge is -2.20. The van der Waals surface area contributed by atoms with Crippen molar-refractivity contribution in [2.24, 2.45) is 5.16 Å². The van der Waals surface area contributed by atoms with Crippen molar-refractivity contribution in [1.82, 2.24) is 4.90 Å². The molecule has 1 aromatic carbocycles. The van der Waals surface area contributed by atoms with Gasteiger partial charge in [-0.3, -0.25) is 0 Å². The van der Waals surface area contributed by atoms with Crippen molar-refractivity contribution >= 4 is 17.3 Å². The van der Waals surface area contributed by atoms with Crippen molar-refractivity contribution in [1.29, 1.82) is 0 Å². The third-order valence-corrected chi connectivity index (χ3v) is 6.71. The number of oxime groups is 1. The highest BCUT2D eigenvalue weighted by Crippen LogP contribution is 2.22. The van der Waals surface area contributed by atoms with Crippen LogP contribution in [0.1, 0.15) is 56.9 Å². The van der Waals surface area contributed by atoms with E-state index < -0.39 is 0 Å². The summed E-state index contributed by atoms with van der Waals surface area (Å²) >= 11 is 5.99. The molecule has 0 aliphatic carbocycles. The summed E-state index contributed by atoms with van der Waals surface area (Å²) in [5.74, 6) is 0.823. The Morgan fingerprint density at radius 3 is 2.76 bits per heavy atom. The number of ether oxygens (including phenoxy) is 1. The highest BCUT2D eigenvalue weighted by atomic mass is 35.5. The second-order valence-corrected chi connectivity index (χ2v) is 9.50. The summed E-state index contributed by atoms with van der Waals surface area (Å²) in [6, 6.07) is 7.91. The Hall–Kier alpha value is -2.10. The molecule has 0 aromatic heterocycles. The van der Waals surface area contributed by atoms with E-state index >= 15 is 0 Å². The van der Waals surface area contributed by atoms with Gasteiger partial charge in [0, 0.05) is 37.4 Å². The summed E-state index contributed by atoms with van der Waals surface area (Å²) in [5, 5.41) is 5.17. The van der Waals surface area contributed by atoms with E-state index in [4.69, 9.17) is 21.2 Å². The van der Waals surface area contributed by atoms with E-state index in [1.807, 2.05) is 30.3 Å². The molecule has 0 amide bonds. The topological polar surface area (TPSA) is 34.1 Å². The largest absolute Gasteiger partial charge is 0.381 e. The maximum absolute atomic E-state index is 5.99. The van der Waals surface area contributed by atoms with Crippen LogP contribution in [-0.2, 0) is 16.0 Å². The quantitative estimate of drug-likeness (QED) is 0.318. The zero-order valence-electron chi connectivity index (χ0n) is 19.5. The van der Waals surface area contributed by atoms with Gasteiger partial charge in [0.25, 0.3) is 0 Å². The normalized spacial score (nSPS) is 19.9. The molecule has 0 fully saturated rings. The summed E-state index contributed by atoms with van der Waals surface area (Å²) in [5.41, 5.74) is 8.55. The van der Waals surface area contributed by atoms with E-state index in [2.05, 4.69) is 27.9 Å². The third kappa shape index (κ3) is 8.32. The minimum atomic E-state index is 0.754. The van der Waals surface area contributed by atoms with Crippen molar-refractivity contribution in [2.75, 3.05) is 32.8 Å². The minimum Gasteiger partial charge on any atom is -0.381 e. The molecule has 1 aromatic rings. The van der Waals surface area contributed by atoms with E-state index in [0.717, 1.165) is 87.7 Å². The molecule has 3 aliphatic rings. The SMILES string of the molecule is Clc1ccc(CC2=NOC(CC3=CCCN(CCCC4=CCCOCC4)CC3)=C=CC2)cc1. The van der Waals surface area contributed by atoms with Gasteiger partial charge in [-0.2, -0.15) is 0 Å². The van der Waals surface area contributed by atoms with E-state index in [9.17, 15) is 0 Å². The van der Waals surface area contributed by atoms with E-state index in [-0.39, 0.29) is 0 Å². The van der Waals surface area contributed by atoms with E-state index in [0.29, 0.717) is 0 Å². The van der Waals surface area contributed by atoms with Gasteiger partial charge < -0.3 is 14.5 Å². The third-order valence-electron chi connectivity index (χ3n) is 6.46. The average Bonchev–Trinajstić information content (AvgIpc) is 3.30. The highest BCUT2D eigenvalue weighted by molar-refractivity contribution is 6.30. The fourth-order valence-corrected chi connectivity index (χ4v) is 4.69. The molecule has 4 nitrogen and oxygen atoms in total. The highest BCUT2D eigenvalue weighted by Gasteiger charge is 2.14. The van der Waals surface area contributed by atoms with Crippen LogP contribution in [0.3, 0.4) is 0 Å². The number of hydrogen-bond acceptors (Lipinski definition) is 4. The maximum Gasteiger partial charge on any atom is 0.180 e. The van der Waals surface area contributed by atoms with Gasteiger partial charge in [-0.05, 0) is 68.8 Å². The number of halogens is 1. The molecule has 0 saturated heterocycles. The standard InChI is InChI=1S/C28H35ClN2O2/c29-26-12-10-25(11-13-26)21-27-8-1-9-28(33-30-27)22-24-6-3-17-31(18-14-24)16-2-5-23-7-4-19-32-20-15-23/h1,6-7,10-13H,2-5,8,14-22H2. The molecule has 5 heteroatoms. The summed E-state index contributed by atoms with van der Waals surface area (Å²) in [6.07, 6.45) is 16.0. The Labute approximate surface area is 203 Å². The predicted octanol–water partition coefficient (Wildman–Crippen LogP) is 6.63. The molecule has 0 N–H and O–H groups in total. The molecular weight excluding hydrogens is 432 g/mol. The monoisotopic (exact) mass is 466 g/mol. The van der Waals surface area contributed by atoms with Crippen LogP contribution in [0.4, 0.5) is 0 Å². The summed E-state index contributed by atoms with van der Waals surface area (Å²) in [7, 11) is 0. The average molecular weight is 467 g/mol. The van der Waals surface area contributed by atoms with Crippen molar-refractivity contribution < 1.29 is 9.57 Å². The van der Waals surface area contributed by atoms with Gasteiger partial charge in [-0.1, -0.05) is 57.9 Å². The van der Waals surface area contributed by atoms with Crippen LogP contribution in [0.15, 0.2) is 70.3 Å². The smallest absolute Gasteiger partial charge is 0.180 e. The van der Waals surface area contributed by atoms with Gasteiger partial charge in [0.15, 0.2) is 5.76 Å². The van der Waals surface area contributed by atoms with Crippen LogP contribution < -0.4 is 0 Å². The second-order valence-electron chi connectivity index (χ2n) is 9.06. The molecule has 0 radical (unpaired) electrons. The first-order valence-corrected chi connectivity index (χ1v) is 12.7. The van der Waals surface area contributed by atoms with Gasteiger partial charge in [-0.25, -0.2) is 0 Å². The van der Waals surface area contributed by atoms with Gasteiger partial charge in [0.05, 0.1) is 18.9 Å². The molecule has 176 valence electrons. The summed E-state index contributed by atoms with van der Waals surface area (Å²) in [4.78, 5) is 8.40. The van der Waals surface area contributed by atoms with Crippen LogP contribution in [0.2, 0.25) is 5.02 Å². The zero-order chi connectivity index (χ0) is 22.7. The Morgan fingerprint density at radius 1 is 0.970 bits per heavy atom. The van der Waals surface area contributed by atoms with Crippen molar-refractivity contribution in [2.45, 2.75) is 57.8 Å². The molecule has 0 spiro atoms. The van der Waals surface area contributed by atoms with Gasteiger partial charge in [0.2, 0.25) is 0 Å². The van der Waals surface area contributed by atoms with Crippen molar-refractivity contribution in [3.8, 4) is 0 Å². The van der Waals surface area contributed by atoms with Crippen molar-refractivity contribution in [3.63, 3.8) is 0 Å². The Bertz CT molecular complexity index is 939. The Balaban J connectivity index is 1.20. The number of hydrogen-bond donors (Lipinski definition) is 0. The molecule has 0 saturated carbocycles. The molecule has 0 bridgehead atoms. The minimum absolute atomic E-state index is 0.754. The summed E-state index contributed by atoms with van der Waals surface area (Å²) in [6.45, 7) is 5.22. The fourth-order valence-electron chi connectivity index (χ4n) is 4.56.